The van der Waals surface area contributed by atoms with Crippen molar-refractivity contribution in [2.45, 2.75) is 167 Å². The number of unbranched alkanes of at least 4 members (excludes halogenated alkanes) is 7. The lowest BCUT2D eigenvalue weighted by Gasteiger charge is -2.41. The highest BCUT2D eigenvalue weighted by Gasteiger charge is 2.43. The van der Waals surface area contributed by atoms with Gasteiger partial charge in [0, 0.05) is 24.6 Å². The summed E-state index contributed by atoms with van der Waals surface area (Å²) in [5.41, 5.74) is 0. The minimum Gasteiger partial charge on any atom is -0.378 e. The van der Waals surface area contributed by atoms with E-state index in [2.05, 4.69) is 20.8 Å². The van der Waals surface area contributed by atoms with Gasteiger partial charge in [0.1, 0.15) is 6.10 Å². The quantitative estimate of drug-likeness (QED) is 0.106. The van der Waals surface area contributed by atoms with Crippen LogP contribution < -0.4 is 0 Å². The van der Waals surface area contributed by atoms with Gasteiger partial charge in [-0.15, -0.1) is 0 Å². The summed E-state index contributed by atoms with van der Waals surface area (Å²) < 4.78 is 12.3. The standard InChI is InChI=1S/C33H61NO4/c1-4-6-7-8-9-10-11-12-23-37-31-20-17-28(18-21-31)27-13-15-29(16-14-27)30-19-22-33(32(24-30)34(35)36)38-25-26(3)5-2/h26-33H,4-25H2,1-3H3. The summed E-state index contributed by atoms with van der Waals surface area (Å²) >= 11 is 0. The van der Waals surface area contributed by atoms with E-state index < -0.39 is 6.04 Å². The maximum Gasteiger partial charge on any atom is 0.239 e. The van der Waals surface area contributed by atoms with Crippen LogP contribution in [0.15, 0.2) is 0 Å². The van der Waals surface area contributed by atoms with Crippen molar-refractivity contribution in [1.29, 1.82) is 0 Å². The summed E-state index contributed by atoms with van der Waals surface area (Å²) in [7, 11) is 0. The molecule has 3 saturated carbocycles. The normalized spacial score (nSPS) is 33.2. The van der Waals surface area contributed by atoms with E-state index in [1.165, 1.54) is 103 Å². The Morgan fingerprint density at radius 2 is 1.24 bits per heavy atom. The number of nitrogens with zero attached hydrogens (tertiary/aromatic N) is 1. The van der Waals surface area contributed by atoms with Crippen molar-refractivity contribution in [3.63, 3.8) is 0 Å². The minimum absolute atomic E-state index is 0.0335. The van der Waals surface area contributed by atoms with E-state index in [0.717, 1.165) is 44.1 Å². The van der Waals surface area contributed by atoms with Crippen LogP contribution in [-0.2, 0) is 9.47 Å². The van der Waals surface area contributed by atoms with E-state index in [1.807, 2.05) is 0 Å². The Kier molecular flexibility index (Phi) is 15.0. The predicted molar refractivity (Wildman–Crippen MR) is 157 cm³/mol. The van der Waals surface area contributed by atoms with Gasteiger partial charge >= 0.3 is 0 Å². The predicted octanol–water partition coefficient (Wildman–Crippen LogP) is 9.39. The molecule has 0 amide bonds. The molecule has 3 aliphatic carbocycles. The highest BCUT2D eigenvalue weighted by molar-refractivity contribution is 4.89. The van der Waals surface area contributed by atoms with Gasteiger partial charge in [0.05, 0.1) is 6.10 Å². The van der Waals surface area contributed by atoms with Crippen molar-refractivity contribution in [3.8, 4) is 0 Å². The summed E-state index contributed by atoms with van der Waals surface area (Å²) in [6.07, 6.45) is 25.5. The van der Waals surface area contributed by atoms with Crippen LogP contribution in [0.1, 0.15) is 149 Å². The summed E-state index contributed by atoms with van der Waals surface area (Å²) in [6.45, 7) is 8.23. The van der Waals surface area contributed by atoms with Gasteiger partial charge in [0.25, 0.3) is 0 Å². The van der Waals surface area contributed by atoms with Crippen LogP contribution in [0, 0.1) is 39.7 Å². The van der Waals surface area contributed by atoms with Crippen LogP contribution in [0.3, 0.4) is 0 Å². The van der Waals surface area contributed by atoms with Gasteiger partial charge in [-0.25, -0.2) is 0 Å². The molecule has 0 spiro atoms. The minimum atomic E-state index is -0.503. The zero-order valence-corrected chi connectivity index (χ0v) is 25.3. The fourth-order valence-electron chi connectivity index (χ4n) is 7.70. The molecule has 38 heavy (non-hydrogen) atoms. The highest BCUT2D eigenvalue weighted by Crippen LogP contribution is 2.45. The van der Waals surface area contributed by atoms with Crippen LogP contribution in [-0.4, -0.2) is 36.4 Å². The first-order valence-electron chi connectivity index (χ1n) is 16.9. The van der Waals surface area contributed by atoms with E-state index in [0.29, 0.717) is 30.5 Å². The van der Waals surface area contributed by atoms with Gasteiger partial charge in [-0.3, -0.25) is 10.1 Å². The summed E-state index contributed by atoms with van der Waals surface area (Å²) in [5, 5.41) is 11.9. The smallest absolute Gasteiger partial charge is 0.239 e. The lowest BCUT2D eigenvalue weighted by Crippen LogP contribution is -2.44. The molecule has 5 heteroatoms. The van der Waals surface area contributed by atoms with Gasteiger partial charge in [0.15, 0.2) is 0 Å². The average molecular weight is 536 g/mol. The van der Waals surface area contributed by atoms with Gasteiger partial charge < -0.3 is 9.47 Å². The molecule has 0 bridgehead atoms. The van der Waals surface area contributed by atoms with E-state index >= 15 is 0 Å². The average Bonchev–Trinajstić information content (AvgIpc) is 2.95. The number of rotatable bonds is 17. The van der Waals surface area contributed by atoms with Crippen molar-refractivity contribution in [2.75, 3.05) is 13.2 Å². The third-order valence-electron chi connectivity index (χ3n) is 10.6. The first-order chi connectivity index (χ1) is 18.5. The molecule has 0 aromatic carbocycles. The number of hydrogen-bond acceptors (Lipinski definition) is 4. The second-order valence-electron chi connectivity index (χ2n) is 13.4. The van der Waals surface area contributed by atoms with Gasteiger partial charge in [-0.05, 0) is 100 Å². The molecule has 0 aromatic rings. The molecule has 0 N–H and O–H groups in total. The summed E-state index contributed by atoms with van der Waals surface area (Å²) in [5.74, 6) is 3.45. The molecule has 5 nitrogen and oxygen atoms in total. The Balaban J connectivity index is 1.28. The zero-order valence-electron chi connectivity index (χ0n) is 25.3. The Morgan fingerprint density at radius 1 is 0.711 bits per heavy atom. The Labute approximate surface area is 234 Å². The second kappa shape index (κ2) is 17.9. The lowest BCUT2D eigenvalue weighted by atomic mass is 9.65. The SMILES string of the molecule is CCCCCCCCCCOC1CCC(C2CCC(C3CCC(OCC(C)CC)C([N+](=O)[O-])C3)CC2)CC1. The third kappa shape index (κ3) is 10.7. The van der Waals surface area contributed by atoms with Crippen molar-refractivity contribution in [2.24, 2.45) is 29.6 Å². The van der Waals surface area contributed by atoms with Crippen LogP contribution in [0.25, 0.3) is 0 Å². The van der Waals surface area contributed by atoms with Gasteiger partial charge in [0.2, 0.25) is 6.04 Å². The maximum absolute atomic E-state index is 11.9. The number of hydrogen-bond donors (Lipinski definition) is 0. The van der Waals surface area contributed by atoms with Crippen LogP contribution in [0.2, 0.25) is 0 Å². The van der Waals surface area contributed by atoms with Crippen LogP contribution >= 0.6 is 0 Å². The molecule has 0 aromatic heterocycles. The Morgan fingerprint density at radius 3 is 1.82 bits per heavy atom. The molecule has 3 fully saturated rings. The largest absolute Gasteiger partial charge is 0.378 e. The summed E-state index contributed by atoms with van der Waals surface area (Å²) in [4.78, 5) is 11.8. The topological polar surface area (TPSA) is 61.6 Å². The van der Waals surface area contributed by atoms with Crippen LogP contribution in [0.5, 0.6) is 0 Å². The van der Waals surface area contributed by atoms with Crippen LogP contribution in [0.4, 0.5) is 0 Å². The first-order valence-corrected chi connectivity index (χ1v) is 16.9. The molecular weight excluding hydrogens is 474 g/mol. The lowest BCUT2D eigenvalue weighted by molar-refractivity contribution is -0.541. The van der Waals surface area contributed by atoms with E-state index in [9.17, 15) is 10.1 Å². The third-order valence-corrected chi connectivity index (χ3v) is 10.6. The van der Waals surface area contributed by atoms with Crippen molar-refractivity contribution < 1.29 is 14.4 Å². The highest BCUT2D eigenvalue weighted by atomic mass is 16.6. The van der Waals surface area contributed by atoms with E-state index in [4.69, 9.17) is 9.47 Å². The molecule has 4 unspecified atom stereocenters. The Bertz CT molecular complexity index is 626. The Hall–Kier alpha value is -0.680. The fourth-order valence-corrected chi connectivity index (χ4v) is 7.70. The molecule has 0 aliphatic heterocycles. The van der Waals surface area contributed by atoms with E-state index in [1.54, 1.807) is 0 Å². The molecule has 4 atom stereocenters. The number of nitro groups is 1. The second-order valence-corrected chi connectivity index (χ2v) is 13.4. The maximum atomic E-state index is 11.9. The van der Waals surface area contributed by atoms with Gasteiger partial charge in [-0.2, -0.15) is 0 Å². The van der Waals surface area contributed by atoms with Crippen molar-refractivity contribution in [1.82, 2.24) is 0 Å². The molecule has 0 heterocycles. The van der Waals surface area contributed by atoms with Crippen molar-refractivity contribution in [3.05, 3.63) is 10.1 Å². The van der Waals surface area contributed by atoms with E-state index in [-0.39, 0.29) is 11.0 Å². The molecule has 3 rings (SSSR count). The molecular formula is C33H61NO4. The molecule has 0 saturated heterocycles. The van der Waals surface area contributed by atoms with Crippen molar-refractivity contribution >= 4 is 0 Å². The zero-order chi connectivity index (χ0) is 27.2. The molecule has 0 radical (unpaired) electrons. The first kappa shape index (κ1) is 31.8. The molecule has 222 valence electrons. The monoisotopic (exact) mass is 535 g/mol. The summed E-state index contributed by atoms with van der Waals surface area (Å²) in [6, 6.07) is -0.503. The fraction of sp³-hybridized carbons (Fsp3) is 1.00. The molecule has 3 aliphatic rings. The number of ether oxygens (including phenoxy) is 2. The van der Waals surface area contributed by atoms with Gasteiger partial charge in [-0.1, -0.05) is 72.1 Å².